The van der Waals surface area contributed by atoms with Gasteiger partial charge in [-0.1, -0.05) is 12.8 Å². The Hall–Kier alpha value is -0.870. The van der Waals surface area contributed by atoms with Crippen LogP contribution in [-0.2, 0) is 13.6 Å². The Morgan fingerprint density at radius 1 is 1.50 bits per heavy atom. The number of rotatable bonds is 3. The Kier molecular flexibility index (Phi) is 3.61. The lowest BCUT2D eigenvalue weighted by Crippen LogP contribution is -2.41. The van der Waals surface area contributed by atoms with Crippen molar-refractivity contribution in [1.82, 2.24) is 15.1 Å². The van der Waals surface area contributed by atoms with Crippen molar-refractivity contribution in [2.24, 2.45) is 7.05 Å². The molecule has 0 aliphatic heterocycles. The van der Waals surface area contributed by atoms with Gasteiger partial charge in [-0.2, -0.15) is 5.10 Å². The van der Waals surface area contributed by atoms with Gasteiger partial charge < -0.3 is 10.4 Å². The summed E-state index contributed by atoms with van der Waals surface area (Å²) in [7, 11) is 1.95. The zero-order chi connectivity index (χ0) is 11.5. The monoisotopic (exact) mass is 223 g/mol. The molecule has 0 bridgehead atoms. The number of aliphatic hydroxyl groups excluding tert-OH is 1. The standard InChI is InChI=1S/C12H21N3O/c1-9-10(8-14-15(9)2)7-13-11-5-3-4-6-12(11)16/h8,11-13,16H,3-7H2,1-2H3. The molecule has 1 aromatic heterocycles. The first kappa shape index (κ1) is 11.6. The maximum absolute atomic E-state index is 9.84. The molecule has 90 valence electrons. The first-order valence-electron chi connectivity index (χ1n) is 6.07. The molecule has 0 spiro atoms. The number of nitrogens with zero attached hydrogens (tertiary/aromatic N) is 2. The molecule has 2 unspecified atom stereocenters. The minimum Gasteiger partial charge on any atom is -0.392 e. The van der Waals surface area contributed by atoms with Crippen molar-refractivity contribution >= 4 is 0 Å². The van der Waals surface area contributed by atoms with Crippen molar-refractivity contribution in [1.29, 1.82) is 0 Å². The molecular formula is C12H21N3O. The van der Waals surface area contributed by atoms with Crippen molar-refractivity contribution in [3.63, 3.8) is 0 Å². The van der Waals surface area contributed by atoms with Gasteiger partial charge in [0.15, 0.2) is 0 Å². The summed E-state index contributed by atoms with van der Waals surface area (Å²) < 4.78 is 1.88. The van der Waals surface area contributed by atoms with E-state index in [0.29, 0.717) is 0 Å². The molecule has 2 N–H and O–H groups in total. The third-order valence-electron chi connectivity index (χ3n) is 3.62. The SMILES string of the molecule is Cc1c(CNC2CCCCC2O)cnn1C. The van der Waals surface area contributed by atoms with E-state index >= 15 is 0 Å². The molecule has 0 amide bonds. The van der Waals surface area contributed by atoms with E-state index in [0.717, 1.165) is 25.8 Å². The summed E-state index contributed by atoms with van der Waals surface area (Å²) in [5, 5.41) is 17.5. The molecule has 1 heterocycles. The number of hydrogen-bond donors (Lipinski definition) is 2. The molecule has 2 atom stereocenters. The minimum atomic E-state index is -0.175. The van der Waals surface area contributed by atoms with E-state index in [-0.39, 0.29) is 12.1 Å². The smallest absolute Gasteiger partial charge is 0.0693 e. The van der Waals surface area contributed by atoms with Crippen LogP contribution in [0.2, 0.25) is 0 Å². The van der Waals surface area contributed by atoms with Crippen LogP contribution in [0.5, 0.6) is 0 Å². The lowest BCUT2D eigenvalue weighted by Gasteiger charge is -2.28. The first-order valence-corrected chi connectivity index (χ1v) is 6.07. The van der Waals surface area contributed by atoms with E-state index in [2.05, 4.69) is 17.3 Å². The van der Waals surface area contributed by atoms with E-state index in [9.17, 15) is 5.11 Å². The average Bonchev–Trinajstić information content (AvgIpc) is 2.59. The van der Waals surface area contributed by atoms with Crippen LogP contribution in [0.4, 0.5) is 0 Å². The highest BCUT2D eigenvalue weighted by atomic mass is 16.3. The van der Waals surface area contributed by atoms with Gasteiger partial charge in [-0.3, -0.25) is 4.68 Å². The molecular weight excluding hydrogens is 202 g/mol. The van der Waals surface area contributed by atoms with Crippen LogP contribution in [0.3, 0.4) is 0 Å². The highest BCUT2D eigenvalue weighted by Crippen LogP contribution is 2.19. The molecule has 4 heteroatoms. The van der Waals surface area contributed by atoms with Gasteiger partial charge in [-0.05, 0) is 19.8 Å². The van der Waals surface area contributed by atoms with E-state index in [1.54, 1.807) is 0 Å². The lowest BCUT2D eigenvalue weighted by molar-refractivity contribution is 0.0902. The zero-order valence-electron chi connectivity index (χ0n) is 10.1. The van der Waals surface area contributed by atoms with Gasteiger partial charge in [-0.15, -0.1) is 0 Å². The molecule has 1 aromatic rings. The predicted octanol–water partition coefficient (Wildman–Crippen LogP) is 1.12. The molecule has 1 aliphatic rings. The van der Waals surface area contributed by atoms with Gasteiger partial charge in [0, 0.05) is 30.9 Å². The van der Waals surface area contributed by atoms with Crippen LogP contribution < -0.4 is 5.32 Å². The summed E-state index contributed by atoms with van der Waals surface area (Å²) in [6, 6.07) is 0.258. The zero-order valence-corrected chi connectivity index (χ0v) is 10.1. The third-order valence-corrected chi connectivity index (χ3v) is 3.62. The summed E-state index contributed by atoms with van der Waals surface area (Å²) in [4.78, 5) is 0. The molecule has 0 aromatic carbocycles. The van der Waals surface area contributed by atoms with Gasteiger partial charge in [0.25, 0.3) is 0 Å². The largest absolute Gasteiger partial charge is 0.392 e. The van der Waals surface area contributed by atoms with Crippen molar-refractivity contribution in [3.05, 3.63) is 17.5 Å². The van der Waals surface area contributed by atoms with Crippen molar-refractivity contribution in [2.75, 3.05) is 0 Å². The molecule has 1 fully saturated rings. The van der Waals surface area contributed by atoms with Crippen LogP contribution in [-0.4, -0.2) is 27.0 Å². The van der Waals surface area contributed by atoms with Crippen LogP contribution in [0.1, 0.15) is 36.9 Å². The average molecular weight is 223 g/mol. The Morgan fingerprint density at radius 3 is 2.88 bits per heavy atom. The molecule has 4 nitrogen and oxygen atoms in total. The topological polar surface area (TPSA) is 50.1 Å². The maximum atomic E-state index is 9.84. The van der Waals surface area contributed by atoms with Gasteiger partial charge in [0.2, 0.25) is 0 Å². The van der Waals surface area contributed by atoms with Gasteiger partial charge in [0.05, 0.1) is 12.3 Å². The maximum Gasteiger partial charge on any atom is 0.0693 e. The quantitative estimate of drug-likeness (QED) is 0.807. The molecule has 0 radical (unpaired) electrons. The van der Waals surface area contributed by atoms with E-state index in [1.165, 1.54) is 17.7 Å². The van der Waals surface area contributed by atoms with E-state index < -0.39 is 0 Å². The molecule has 16 heavy (non-hydrogen) atoms. The van der Waals surface area contributed by atoms with Crippen molar-refractivity contribution < 1.29 is 5.11 Å². The summed E-state index contributed by atoms with van der Waals surface area (Å²) in [5.41, 5.74) is 2.41. The Bertz CT molecular complexity index is 348. The summed E-state index contributed by atoms with van der Waals surface area (Å²) in [5.74, 6) is 0. The number of aliphatic hydroxyl groups is 1. The second-order valence-electron chi connectivity index (χ2n) is 4.72. The highest BCUT2D eigenvalue weighted by molar-refractivity contribution is 5.15. The second kappa shape index (κ2) is 4.97. The van der Waals surface area contributed by atoms with Crippen LogP contribution >= 0.6 is 0 Å². The van der Waals surface area contributed by atoms with E-state index in [4.69, 9.17) is 0 Å². The Labute approximate surface area is 96.7 Å². The molecule has 2 rings (SSSR count). The molecule has 0 saturated heterocycles. The highest BCUT2D eigenvalue weighted by Gasteiger charge is 2.22. The summed E-state index contributed by atoms with van der Waals surface area (Å²) in [6.07, 6.45) is 6.12. The predicted molar refractivity (Wildman–Crippen MR) is 63.0 cm³/mol. The van der Waals surface area contributed by atoms with Gasteiger partial charge in [-0.25, -0.2) is 0 Å². The summed E-state index contributed by atoms with van der Waals surface area (Å²) >= 11 is 0. The van der Waals surface area contributed by atoms with Crippen LogP contribution in [0, 0.1) is 6.92 Å². The molecule has 1 aliphatic carbocycles. The van der Waals surface area contributed by atoms with Gasteiger partial charge in [0.1, 0.15) is 0 Å². The molecule has 1 saturated carbocycles. The number of nitrogens with one attached hydrogen (secondary N) is 1. The van der Waals surface area contributed by atoms with Crippen molar-refractivity contribution in [3.8, 4) is 0 Å². The number of hydrogen-bond acceptors (Lipinski definition) is 3. The fourth-order valence-electron chi connectivity index (χ4n) is 2.31. The Balaban J connectivity index is 1.89. The Morgan fingerprint density at radius 2 is 2.25 bits per heavy atom. The van der Waals surface area contributed by atoms with Gasteiger partial charge >= 0.3 is 0 Å². The number of aromatic nitrogens is 2. The summed E-state index contributed by atoms with van der Waals surface area (Å²) in [6.45, 7) is 2.88. The van der Waals surface area contributed by atoms with Crippen LogP contribution in [0.15, 0.2) is 6.20 Å². The third kappa shape index (κ3) is 2.44. The second-order valence-corrected chi connectivity index (χ2v) is 4.72. The van der Waals surface area contributed by atoms with E-state index in [1.807, 2.05) is 17.9 Å². The minimum absolute atomic E-state index is 0.175. The lowest BCUT2D eigenvalue weighted by atomic mass is 9.92. The normalized spacial score (nSPS) is 25.9. The fourth-order valence-corrected chi connectivity index (χ4v) is 2.31. The fraction of sp³-hybridized carbons (Fsp3) is 0.750. The first-order chi connectivity index (χ1) is 7.68. The number of aryl methyl sites for hydroxylation is 1. The van der Waals surface area contributed by atoms with Crippen molar-refractivity contribution in [2.45, 2.75) is 51.3 Å². The van der Waals surface area contributed by atoms with Crippen LogP contribution in [0.25, 0.3) is 0 Å².